The Hall–Kier alpha value is -2.31. The number of nitrogens with zero attached hydrogens (tertiary/aromatic N) is 5. The highest BCUT2D eigenvalue weighted by molar-refractivity contribution is 5.75. The Labute approximate surface area is 135 Å². The van der Waals surface area contributed by atoms with E-state index >= 15 is 0 Å². The van der Waals surface area contributed by atoms with Crippen LogP contribution >= 0.6 is 0 Å². The number of benzene rings is 1. The molecule has 23 heavy (non-hydrogen) atoms. The molecule has 0 aliphatic heterocycles. The van der Waals surface area contributed by atoms with Gasteiger partial charge in [-0.25, -0.2) is 9.07 Å². The van der Waals surface area contributed by atoms with E-state index in [-0.39, 0.29) is 23.7 Å². The minimum Gasteiger partial charge on any atom is -0.337 e. The molecule has 124 valence electrons. The quantitative estimate of drug-likeness (QED) is 0.847. The zero-order chi connectivity index (χ0) is 17.0. The van der Waals surface area contributed by atoms with Crippen LogP contribution < -0.4 is 0 Å². The van der Waals surface area contributed by atoms with Crippen LogP contribution in [0.15, 0.2) is 24.3 Å². The highest BCUT2D eigenvalue weighted by Gasteiger charge is 2.24. The summed E-state index contributed by atoms with van der Waals surface area (Å²) in [6.07, 6.45) is 0. The fourth-order valence-electron chi connectivity index (χ4n) is 2.31. The molecular formula is C16H22FN5O. The number of aromatic nitrogens is 4. The molecule has 2 rings (SSSR count). The summed E-state index contributed by atoms with van der Waals surface area (Å²) in [5.41, 5.74) is 0.511. The SMILES string of the molecule is CCN(Cc1cccc(F)c1)C(=O)Cn1nnnc1C(C)(C)C. The van der Waals surface area contributed by atoms with Crippen LogP contribution in [-0.2, 0) is 23.3 Å². The lowest BCUT2D eigenvalue weighted by Gasteiger charge is -2.22. The molecule has 0 N–H and O–H groups in total. The van der Waals surface area contributed by atoms with Crippen molar-refractivity contribution in [1.29, 1.82) is 0 Å². The maximum Gasteiger partial charge on any atom is 0.244 e. The highest BCUT2D eigenvalue weighted by Crippen LogP contribution is 2.18. The molecule has 0 spiro atoms. The predicted octanol–water partition coefficient (Wildman–Crippen LogP) is 2.16. The lowest BCUT2D eigenvalue weighted by molar-refractivity contribution is -0.132. The molecule has 0 saturated heterocycles. The van der Waals surface area contributed by atoms with Gasteiger partial charge in [-0.1, -0.05) is 32.9 Å². The van der Waals surface area contributed by atoms with Gasteiger partial charge < -0.3 is 4.90 Å². The standard InChI is InChI=1S/C16H22FN5O/c1-5-21(10-12-7-6-8-13(17)9-12)14(23)11-22-15(16(2,3)4)18-19-20-22/h6-9H,5,10-11H2,1-4H3. The Kier molecular flexibility index (Phi) is 5.08. The van der Waals surface area contributed by atoms with Crippen LogP contribution in [0.2, 0.25) is 0 Å². The van der Waals surface area contributed by atoms with Crippen molar-refractivity contribution in [3.63, 3.8) is 0 Å². The van der Waals surface area contributed by atoms with Crippen LogP contribution in [0.25, 0.3) is 0 Å². The molecule has 0 saturated carbocycles. The van der Waals surface area contributed by atoms with E-state index in [4.69, 9.17) is 0 Å². The molecule has 0 radical (unpaired) electrons. The van der Waals surface area contributed by atoms with Gasteiger partial charge in [-0.05, 0) is 35.0 Å². The van der Waals surface area contributed by atoms with Crippen LogP contribution in [0.5, 0.6) is 0 Å². The number of likely N-dealkylation sites (N-methyl/N-ethyl adjacent to an activating group) is 1. The Bertz CT molecular complexity index is 677. The van der Waals surface area contributed by atoms with E-state index < -0.39 is 0 Å². The van der Waals surface area contributed by atoms with Crippen molar-refractivity contribution < 1.29 is 9.18 Å². The van der Waals surface area contributed by atoms with Gasteiger partial charge >= 0.3 is 0 Å². The topological polar surface area (TPSA) is 63.9 Å². The first-order chi connectivity index (χ1) is 10.8. The average molecular weight is 319 g/mol. The van der Waals surface area contributed by atoms with Crippen molar-refractivity contribution in [3.8, 4) is 0 Å². The Morgan fingerprint density at radius 3 is 2.70 bits per heavy atom. The number of rotatable bonds is 5. The molecule has 6 nitrogen and oxygen atoms in total. The van der Waals surface area contributed by atoms with Crippen molar-refractivity contribution in [2.24, 2.45) is 0 Å². The smallest absolute Gasteiger partial charge is 0.244 e. The van der Waals surface area contributed by atoms with Gasteiger partial charge in [0.1, 0.15) is 12.4 Å². The predicted molar refractivity (Wildman–Crippen MR) is 84.0 cm³/mol. The van der Waals surface area contributed by atoms with Gasteiger partial charge in [-0.2, -0.15) is 0 Å². The summed E-state index contributed by atoms with van der Waals surface area (Å²) in [5.74, 6) is 0.253. The molecule has 0 aliphatic rings. The fraction of sp³-hybridized carbons (Fsp3) is 0.500. The van der Waals surface area contributed by atoms with Crippen LogP contribution in [0, 0.1) is 5.82 Å². The van der Waals surface area contributed by atoms with Crippen molar-refractivity contribution in [2.45, 2.75) is 46.2 Å². The third-order valence-electron chi connectivity index (χ3n) is 3.48. The number of amides is 1. The van der Waals surface area contributed by atoms with E-state index in [1.807, 2.05) is 27.7 Å². The first kappa shape index (κ1) is 17.1. The van der Waals surface area contributed by atoms with Crippen LogP contribution in [0.1, 0.15) is 39.1 Å². The first-order valence-electron chi connectivity index (χ1n) is 7.60. The summed E-state index contributed by atoms with van der Waals surface area (Å²) in [6, 6.07) is 6.27. The summed E-state index contributed by atoms with van der Waals surface area (Å²) in [5, 5.41) is 11.6. The highest BCUT2D eigenvalue weighted by atomic mass is 19.1. The van der Waals surface area contributed by atoms with Crippen LogP contribution in [-0.4, -0.2) is 37.6 Å². The van der Waals surface area contributed by atoms with Gasteiger partial charge in [-0.3, -0.25) is 4.79 Å². The normalized spacial score (nSPS) is 11.5. The number of hydrogen-bond acceptors (Lipinski definition) is 4. The minimum absolute atomic E-state index is 0.0722. The van der Waals surface area contributed by atoms with E-state index in [0.717, 1.165) is 5.56 Å². The first-order valence-corrected chi connectivity index (χ1v) is 7.60. The number of carbonyl (C=O) groups excluding carboxylic acids is 1. The maximum absolute atomic E-state index is 13.3. The van der Waals surface area contributed by atoms with Gasteiger partial charge in [0.05, 0.1) is 0 Å². The van der Waals surface area contributed by atoms with E-state index in [1.54, 1.807) is 17.0 Å². The van der Waals surface area contributed by atoms with Crippen molar-refractivity contribution >= 4 is 5.91 Å². The summed E-state index contributed by atoms with van der Waals surface area (Å²) >= 11 is 0. The van der Waals surface area contributed by atoms with Crippen LogP contribution in [0.4, 0.5) is 4.39 Å². The molecule has 1 aromatic heterocycles. The number of halogens is 1. The van der Waals surface area contributed by atoms with Gasteiger partial charge in [0.15, 0.2) is 5.82 Å². The van der Waals surface area contributed by atoms with E-state index in [9.17, 15) is 9.18 Å². The van der Waals surface area contributed by atoms with Crippen LogP contribution in [0.3, 0.4) is 0 Å². The molecule has 1 amide bonds. The molecule has 0 fully saturated rings. The Morgan fingerprint density at radius 1 is 1.35 bits per heavy atom. The largest absolute Gasteiger partial charge is 0.337 e. The van der Waals surface area contributed by atoms with Crippen molar-refractivity contribution in [1.82, 2.24) is 25.1 Å². The maximum atomic E-state index is 13.3. The molecule has 1 aromatic carbocycles. The summed E-state index contributed by atoms with van der Waals surface area (Å²) in [7, 11) is 0. The zero-order valence-electron chi connectivity index (χ0n) is 14.0. The van der Waals surface area contributed by atoms with E-state index in [2.05, 4.69) is 15.5 Å². The van der Waals surface area contributed by atoms with E-state index in [1.165, 1.54) is 16.8 Å². The molecule has 2 aromatic rings. The van der Waals surface area contributed by atoms with Gasteiger partial charge in [-0.15, -0.1) is 5.10 Å². The lowest BCUT2D eigenvalue weighted by atomic mass is 9.96. The van der Waals surface area contributed by atoms with E-state index in [0.29, 0.717) is 18.9 Å². The third-order valence-corrected chi connectivity index (χ3v) is 3.48. The van der Waals surface area contributed by atoms with Crippen molar-refractivity contribution in [3.05, 3.63) is 41.5 Å². The Balaban J connectivity index is 2.11. The third kappa shape index (κ3) is 4.34. The summed E-state index contributed by atoms with van der Waals surface area (Å²) in [6.45, 7) is 8.82. The second-order valence-electron chi connectivity index (χ2n) is 6.45. The molecule has 0 aliphatic carbocycles. The Morgan fingerprint density at radius 2 is 2.09 bits per heavy atom. The van der Waals surface area contributed by atoms with Gasteiger partial charge in [0.2, 0.25) is 5.91 Å². The summed E-state index contributed by atoms with van der Waals surface area (Å²) < 4.78 is 14.8. The molecule has 0 bridgehead atoms. The minimum atomic E-state index is -0.304. The van der Waals surface area contributed by atoms with Gasteiger partial charge in [0, 0.05) is 18.5 Å². The number of hydrogen-bond donors (Lipinski definition) is 0. The second-order valence-corrected chi connectivity index (χ2v) is 6.45. The second kappa shape index (κ2) is 6.85. The summed E-state index contributed by atoms with van der Waals surface area (Å²) in [4.78, 5) is 14.2. The van der Waals surface area contributed by atoms with Gasteiger partial charge in [0.25, 0.3) is 0 Å². The lowest BCUT2D eigenvalue weighted by Crippen LogP contribution is -2.35. The monoisotopic (exact) mass is 319 g/mol. The molecule has 0 unspecified atom stereocenters. The number of carbonyl (C=O) groups is 1. The fourth-order valence-corrected chi connectivity index (χ4v) is 2.31. The number of tetrazole rings is 1. The molecule has 7 heteroatoms. The zero-order valence-corrected chi connectivity index (χ0v) is 14.0. The molecular weight excluding hydrogens is 297 g/mol. The van der Waals surface area contributed by atoms with Crippen molar-refractivity contribution in [2.75, 3.05) is 6.54 Å². The molecule has 0 atom stereocenters. The molecule has 1 heterocycles. The average Bonchev–Trinajstić information content (AvgIpc) is 2.93.